The normalized spacial score (nSPS) is 11.1. The molecule has 0 aromatic rings. The van der Waals surface area contributed by atoms with Crippen LogP contribution >= 0.6 is 0 Å². The Kier molecular flexibility index (Phi) is 7.04. The van der Waals surface area contributed by atoms with Crippen LogP contribution in [0.3, 0.4) is 0 Å². The Bertz CT molecular complexity index is 35.1. The van der Waals surface area contributed by atoms with Gasteiger partial charge in [0.05, 0.1) is 0 Å². The molecule has 0 aliphatic rings. The molecule has 1 radical (unpaired) electrons. The van der Waals surface area contributed by atoms with Gasteiger partial charge in [-0.15, -0.1) is 0 Å². The van der Waals surface area contributed by atoms with Crippen molar-refractivity contribution in [3.63, 3.8) is 0 Å². The third kappa shape index (κ3) is 7.60. The van der Waals surface area contributed by atoms with Gasteiger partial charge in [0.25, 0.3) is 0 Å². The Morgan fingerprint density at radius 1 is 1.43 bits per heavy atom. The molecule has 0 aliphatic carbocycles. The molecule has 7 heavy (non-hydrogen) atoms. The van der Waals surface area contributed by atoms with Gasteiger partial charge < -0.3 is 0 Å². The van der Waals surface area contributed by atoms with Crippen LogP contribution in [0.1, 0.15) is 26.2 Å². The summed E-state index contributed by atoms with van der Waals surface area (Å²) in [5.41, 5.74) is 0. The van der Waals surface area contributed by atoms with E-state index in [1.165, 1.54) is 19.3 Å². The Labute approximate surface area is 72.6 Å². The van der Waals surface area contributed by atoms with Crippen LogP contribution in [0.15, 0.2) is 0 Å². The van der Waals surface area contributed by atoms with E-state index < -0.39 is 0 Å². The molecule has 0 bridgehead atoms. The average molecular weight is 313 g/mol. The second kappa shape index (κ2) is 5.73. The summed E-state index contributed by atoms with van der Waals surface area (Å²) in [6.45, 7) is 2.27. The van der Waals surface area contributed by atoms with Gasteiger partial charge in [-0.2, -0.15) is 0 Å². The van der Waals surface area contributed by atoms with Crippen molar-refractivity contribution >= 4 is 45.0 Å². The van der Waals surface area contributed by atoms with Crippen LogP contribution in [-0.2, 0) is 0 Å². The van der Waals surface area contributed by atoms with Crippen molar-refractivity contribution in [3.05, 3.63) is 1.95 Å². The Morgan fingerprint density at radius 2 is 2.00 bits per heavy atom. The van der Waals surface area contributed by atoms with Crippen LogP contribution in [0.4, 0.5) is 0 Å². The fraction of sp³-hybridized carbons (Fsp3) is 0.800. The Hall–Kier alpha value is 1.60. The minimum absolute atomic E-state index is 0.937. The van der Waals surface area contributed by atoms with Crippen LogP contribution < -0.4 is 0 Å². The number of hydrogen-bond acceptors (Lipinski definition) is 0. The van der Waals surface area contributed by atoms with Gasteiger partial charge in [-0.05, 0) is 0 Å². The average Bonchev–Trinajstić information content (AvgIpc) is 1.61. The summed E-state index contributed by atoms with van der Waals surface area (Å²) in [5.74, 6) is 0. The Balaban J connectivity index is 2.68. The fourth-order valence-corrected chi connectivity index (χ4v) is 2.55. The minimum atomic E-state index is 0.937. The van der Waals surface area contributed by atoms with E-state index in [4.69, 9.17) is 0 Å². The summed E-state index contributed by atoms with van der Waals surface area (Å²) in [5, 5.41) is 0. The van der Waals surface area contributed by atoms with Gasteiger partial charge in [-0.1, -0.05) is 0 Å². The molecule has 43 valence electrons. The second-order valence-corrected chi connectivity index (χ2v) is 28.3. The van der Waals surface area contributed by atoms with E-state index in [9.17, 15) is 0 Å². The maximum absolute atomic E-state index is 2.27. The zero-order valence-corrected chi connectivity index (χ0v) is 17.0. The van der Waals surface area contributed by atoms with E-state index in [0.29, 0.717) is 0 Å². The summed E-state index contributed by atoms with van der Waals surface area (Å²) in [4.78, 5) is 0. The molecule has 0 saturated carbocycles. The monoisotopic (exact) mass is 315 g/mol. The van der Waals surface area contributed by atoms with E-state index in [1.54, 1.807) is 0 Å². The molecular weight excluding hydrogens is 297 g/mol. The van der Waals surface area contributed by atoms with Crippen molar-refractivity contribution < 1.29 is 0 Å². The zero-order valence-electron chi connectivity index (χ0n) is 5.62. The van der Waals surface area contributed by atoms with Crippen molar-refractivity contribution in [2.24, 2.45) is 0 Å². The van der Waals surface area contributed by atoms with Gasteiger partial charge in [-0.25, -0.2) is 0 Å². The van der Waals surface area contributed by atoms with Gasteiger partial charge >= 0.3 is 73.2 Å². The zero-order chi connectivity index (χ0) is 5.70. The summed E-state index contributed by atoms with van der Waals surface area (Å²) in [7, 11) is 0. The first-order chi connectivity index (χ1) is 3.27. The molecule has 0 unspecified atom stereocenters. The van der Waals surface area contributed by atoms with E-state index in [-0.39, 0.29) is 0 Å². The molecule has 0 atom stereocenters. The van der Waals surface area contributed by atoms with Crippen LogP contribution in [0.2, 0.25) is 0 Å². The van der Waals surface area contributed by atoms with E-state index in [0.717, 1.165) is 45.0 Å². The van der Waals surface area contributed by atoms with Crippen molar-refractivity contribution in [1.82, 2.24) is 0 Å². The second-order valence-electron chi connectivity index (χ2n) is 2.31. The van der Waals surface area contributed by atoms with Gasteiger partial charge in [0.2, 0.25) is 0 Å². The molecule has 0 fully saturated rings. The van der Waals surface area contributed by atoms with E-state index >= 15 is 0 Å². The molecule has 0 aliphatic heterocycles. The summed E-state index contributed by atoms with van der Waals surface area (Å²) < 4.78 is 1.98. The molecule has 0 saturated heterocycles. The van der Waals surface area contributed by atoms with E-state index in [1.807, 2.05) is 1.95 Å². The number of hydrogen-bond donors (Lipinski definition) is 0. The predicted octanol–water partition coefficient (Wildman–Crippen LogP) is -0.603. The van der Waals surface area contributed by atoms with Crippen LogP contribution in [0.25, 0.3) is 0 Å². The number of rotatable bonds is 3. The fourth-order valence-electron chi connectivity index (χ4n) is 0.530. The summed E-state index contributed by atoms with van der Waals surface area (Å²) >= 11 is 1.87. The summed E-state index contributed by atoms with van der Waals surface area (Å²) in [6.07, 6.45) is 4.36. The predicted molar refractivity (Wildman–Crippen MR) is 42.6 cm³/mol. The van der Waals surface area contributed by atoms with Gasteiger partial charge in [0, 0.05) is 0 Å². The first-order valence-electron chi connectivity index (χ1n) is 3.06. The van der Waals surface area contributed by atoms with Crippen molar-refractivity contribution in [3.8, 4) is 0 Å². The molecular formula is C5H15Sn2. The molecule has 0 N–H and O–H groups in total. The molecule has 0 nitrogen and oxygen atoms in total. The molecule has 0 rings (SSSR count). The van der Waals surface area contributed by atoms with Gasteiger partial charge in [-0.3, -0.25) is 0 Å². The number of unbranched alkanes of at least 4 members (excludes halogenated alkanes) is 1. The topological polar surface area (TPSA) is 0 Å². The Morgan fingerprint density at radius 3 is 2.14 bits per heavy atom. The van der Waals surface area contributed by atoms with Crippen molar-refractivity contribution in [2.45, 2.75) is 26.2 Å². The molecule has 0 spiro atoms. The SMILES string of the molecule is CCCC[C]([SnH3])[SnH3]. The quantitative estimate of drug-likeness (QED) is 0.611. The van der Waals surface area contributed by atoms with Crippen LogP contribution in [0.5, 0.6) is 0 Å². The summed E-state index contributed by atoms with van der Waals surface area (Å²) in [6, 6.07) is 0. The maximum atomic E-state index is 2.27. The molecule has 0 heterocycles. The third-order valence-electron chi connectivity index (χ3n) is 1.03. The van der Waals surface area contributed by atoms with Crippen LogP contribution in [-0.4, -0.2) is 45.0 Å². The van der Waals surface area contributed by atoms with Crippen molar-refractivity contribution in [1.29, 1.82) is 0 Å². The van der Waals surface area contributed by atoms with E-state index in [2.05, 4.69) is 6.92 Å². The molecule has 0 amide bonds. The van der Waals surface area contributed by atoms with Gasteiger partial charge in [0.15, 0.2) is 0 Å². The molecule has 0 aromatic heterocycles. The molecule has 2 heteroatoms. The first-order valence-corrected chi connectivity index (χ1v) is 8.77. The van der Waals surface area contributed by atoms with Crippen LogP contribution in [0, 0.1) is 1.95 Å². The standard InChI is InChI=1S/C5H9.2Sn.6H/c1-3-5-4-2;;;;;;;;/h3-5H2,1H3;;;;;;;;. The molecule has 0 aromatic carbocycles. The van der Waals surface area contributed by atoms with Gasteiger partial charge in [0.1, 0.15) is 0 Å². The third-order valence-corrected chi connectivity index (χ3v) is 3.88. The van der Waals surface area contributed by atoms with Crippen molar-refractivity contribution in [2.75, 3.05) is 0 Å². The first kappa shape index (κ1) is 8.60.